The zero-order valence-corrected chi connectivity index (χ0v) is 18.4. The molecule has 2 aliphatic carbocycles. The normalized spacial score (nSPS) is 55.6. The summed E-state index contributed by atoms with van der Waals surface area (Å²) in [7, 11) is 0. The van der Waals surface area contributed by atoms with E-state index in [0.717, 1.165) is 12.8 Å². The average molecular weight is 465 g/mol. The number of fused-ring (bicyclic) bond motifs is 2. The zero-order valence-electron chi connectivity index (χ0n) is 18.4. The second-order valence-corrected chi connectivity index (χ2v) is 10.3. The van der Waals surface area contributed by atoms with Gasteiger partial charge in [-0.2, -0.15) is 0 Å². The van der Waals surface area contributed by atoms with Crippen LogP contribution < -0.4 is 0 Å². The monoisotopic (exact) mass is 464 g/mol. The molecule has 4 aliphatic rings. The van der Waals surface area contributed by atoms with E-state index in [9.17, 15) is 35.7 Å². The van der Waals surface area contributed by atoms with E-state index < -0.39 is 55.3 Å². The summed E-state index contributed by atoms with van der Waals surface area (Å²) >= 11 is 0. The van der Waals surface area contributed by atoms with Gasteiger partial charge in [0.2, 0.25) is 0 Å². The highest BCUT2D eigenvalue weighted by Crippen LogP contribution is 2.66. The van der Waals surface area contributed by atoms with Crippen LogP contribution in [0.1, 0.15) is 33.1 Å². The summed E-state index contributed by atoms with van der Waals surface area (Å²) in [5, 5.41) is 70.6. The Hall–Kier alpha value is -0.440. The van der Waals surface area contributed by atoms with Crippen molar-refractivity contribution >= 4 is 0 Å². The molecule has 0 aromatic carbocycles. The molecule has 11 nitrogen and oxygen atoms in total. The maximum atomic E-state index is 10.5. The maximum Gasteiger partial charge on any atom is 0.186 e. The largest absolute Gasteiger partial charge is 0.396 e. The van der Waals surface area contributed by atoms with E-state index in [2.05, 4.69) is 6.92 Å². The molecule has 2 aliphatic heterocycles. The average Bonchev–Trinajstić information content (AvgIpc) is 3.29. The second kappa shape index (κ2) is 8.65. The number of aliphatic hydroxyl groups is 7. The van der Waals surface area contributed by atoms with Crippen molar-refractivity contribution in [2.24, 2.45) is 16.7 Å². The molecule has 7 N–H and O–H groups in total. The minimum Gasteiger partial charge on any atom is -0.396 e. The summed E-state index contributed by atoms with van der Waals surface area (Å²) in [6, 6.07) is 0. The van der Waals surface area contributed by atoms with Crippen LogP contribution in [-0.4, -0.2) is 117 Å². The lowest BCUT2D eigenvalue weighted by Crippen LogP contribution is -2.60. The molecular formula is C21H36O11. The van der Waals surface area contributed by atoms with E-state index >= 15 is 0 Å². The first-order valence-corrected chi connectivity index (χ1v) is 11.2. The van der Waals surface area contributed by atoms with Crippen LogP contribution in [0.15, 0.2) is 0 Å². The number of ether oxygens (including phenoxy) is 4. The standard InChI is InChI=1S/C21H36O11/c1-19-4-3-10(20(19,2)7-22)5-12(19)32-17-15(26)14(25)13(24)11(31-17)6-29-18-16(27)21(28,8-23)9-30-18/h10-18,22-28H,3-9H2,1-2H3. The van der Waals surface area contributed by atoms with Gasteiger partial charge in [-0.15, -0.1) is 0 Å². The van der Waals surface area contributed by atoms with Gasteiger partial charge in [-0.1, -0.05) is 13.8 Å². The summed E-state index contributed by atoms with van der Waals surface area (Å²) < 4.78 is 22.5. The molecule has 4 fully saturated rings. The molecule has 0 spiro atoms. The Bertz CT molecular complexity index is 680. The fourth-order valence-corrected chi connectivity index (χ4v) is 5.94. The summed E-state index contributed by atoms with van der Waals surface area (Å²) in [6.45, 7) is 2.76. The van der Waals surface area contributed by atoms with E-state index in [4.69, 9.17) is 18.9 Å². The van der Waals surface area contributed by atoms with E-state index in [1.807, 2.05) is 6.92 Å². The lowest BCUT2D eigenvalue weighted by atomic mass is 9.69. The molecule has 32 heavy (non-hydrogen) atoms. The van der Waals surface area contributed by atoms with Gasteiger partial charge in [0.1, 0.15) is 36.1 Å². The van der Waals surface area contributed by atoms with Crippen molar-refractivity contribution in [1.82, 2.24) is 0 Å². The Morgan fingerprint density at radius 1 is 0.969 bits per heavy atom. The quantitative estimate of drug-likeness (QED) is 0.211. The molecule has 0 aromatic rings. The molecular weight excluding hydrogens is 428 g/mol. The van der Waals surface area contributed by atoms with Gasteiger partial charge >= 0.3 is 0 Å². The van der Waals surface area contributed by atoms with Gasteiger partial charge in [0.25, 0.3) is 0 Å². The third kappa shape index (κ3) is 3.62. The van der Waals surface area contributed by atoms with E-state index in [1.165, 1.54) is 0 Å². The first-order chi connectivity index (χ1) is 15.0. The Morgan fingerprint density at radius 3 is 2.28 bits per heavy atom. The minimum absolute atomic E-state index is 0.0316. The fourth-order valence-electron chi connectivity index (χ4n) is 5.94. The van der Waals surface area contributed by atoms with Gasteiger partial charge < -0.3 is 54.7 Å². The molecule has 2 saturated heterocycles. The summed E-state index contributed by atoms with van der Waals surface area (Å²) in [5.74, 6) is 0.282. The van der Waals surface area contributed by atoms with Crippen LogP contribution >= 0.6 is 0 Å². The van der Waals surface area contributed by atoms with E-state index in [0.29, 0.717) is 6.42 Å². The molecule has 4 rings (SSSR count). The molecule has 2 saturated carbocycles. The lowest BCUT2D eigenvalue weighted by molar-refractivity contribution is -0.326. The number of hydrogen-bond donors (Lipinski definition) is 7. The first-order valence-electron chi connectivity index (χ1n) is 11.2. The number of rotatable bonds is 7. The zero-order chi connectivity index (χ0) is 23.5. The highest BCUT2D eigenvalue weighted by Gasteiger charge is 2.65. The Labute approximate surface area is 186 Å². The summed E-state index contributed by atoms with van der Waals surface area (Å²) in [5.41, 5.74) is -2.48. The molecule has 186 valence electrons. The molecule has 0 radical (unpaired) electrons. The van der Waals surface area contributed by atoms with Gasteiger partial charge in [-0.25, -0.2) is 0 Å². The van der Waals surface area contributed by atoms with Gasteiger partial charge in [0.15, 0.2) is 12.6 Å². The first kappa shape index (κ1) is 24.7. The van der Waals surface area contributed by atoms with Crippen LogP contribution in [0.5, 0.6) is 0 Å². The highest BCUT2D eigenvalue weighted by atomic mass is 16.7. The topological polar surface area (TPSA) is 179 Å². The van der Waals surface area contributed by atoms with Crippen LogP contribution in [0, 0.1) is 16.7 Å². The van der Waals surface area contributed by atoms with E-state index in [-0.39, 0.29) is 42.7 Å². The van der Waals surface area contributed by atoms with Gasteiger partial charge in [0, 0.05) is 17.4 Å². The molecule has 2 bridgehead atoms. The molecule has 0 aromatic heterocycles. The van der Waals surface area contributed by atoms with Crippen molar-refractivity contribution < 1.29 is 54.7 Å². The molecule has 11 heteroatoms. The summed E-state index contributed by atoms with van der Waals surface area (Å²) in [6.07, 6.45) is -7.39. The Kier molecular flexibility index (Phi) is 6.67. The van der Waals surface area contributed by atoms with Crippen molar-refractivity contribution in [1.29, 1.82) is 0 Å². The van der Waals surface area contributed by atoms with Crippen LogP contribution in [0.4, 0.5) is 0 Å². The van der Waals surface area contributed by atoms with Crippen molar-refractivity contribution in [2.75, 3.05) is 26.4 Å². The van der Waals surface area contributed by atoms with Crippen LogP contribution in [0.3, 0.4) is 0 Å². The lowest BCUT2D eigenvalue weighted by Gasteiger charge is -2.45. The van der Waals surface area contributed by atoms with Crippen molar-refractivity contribution in [3.05, 3.63) is 0 Å². The van der Waals surface area contributed by atoms with Gasteiger partial charge in [-0.05, 0) is 25.2 Å². The van der Waals surface area contributed by atoms with Gasteiger partial charge in [-0.3, -0.25) is 0 Å². The van der Waals surface area contributed by atoms with Crippen LogP contribution in [0.2, 0.25) is 0 Å². The fraction of sp³-hybridized carbons (Fsp3) is 1.00. The van der Waals surface area contributed by atoms with Crippen LogP contribution in [-0.2, 0) is 18.9 Å². The van der Waals surface area contributed by atoms with Crippen molar-refractivity contribution in [2.45, 2.75) is 87.9 Å². The third-order valence-electron chi connectivity index (χ3n) is 8.73. The summed E-state index contributed by atoms with van der Waals surface area (Å²) in [4.78, 5) is 0. The smallest absolute Gasteiger partial charge is 0.186 e. The molecule has 12 atom stereocenters. The van der Waals surface area contributed by atoms with Crippen molar-refractivity contribution in [3.8, 4) is 0 Å². The minimum atomic E-state index is -1.85. The highest BCUT2D eigenvalue weighted by molar-refractivity contribution is 5.13. The number of aliphatic hydroxyl groups excluding tert-OH is 6. The Morgan fingerprint density at radius 2 is 1.69 bits per heavy atom. The molecule has 2 heterocycles. The number of hydrogen-bond acceptors (Lipinski definition) is 11. The predicted molar refractivity (Wildman–Crippen MR) is 106 cm³/mol. The van der Waals surface area contributed by atoms with E-state index in [1.54, 1.807) is 0 Å². The molecule has 12 unspecified atom stereocenters. The predicted octanol–water partition coefficient (Wildman–Crippen LogP) is -2.54. The van der Waals surface area contributed by atoms with Crippen LogP contribution in [0.25, 0.3) is 0 Å². The Balaban J connectivity index is 1.40. The molecule has 0 amide bonds. The SMILES string of the molecule is CC1(CO)C2CCC1(C)C(OC1OC(COC3OCC(O)(CO)C3O)C(O)C(O)C1O)C2. The van der Waals surface area contributed by atoms with Gasteiger partial charge in [0.05, 0.1) is 25.9 Å². The second-order valence-electron chi connectivity index (χ2n) is 10.3. The third-order valence-corrected chi connectivity index (χ3v) is 8.73. The van der Waals surface area contributed by atoms with Crippen molar-refractivity contribution in [3.63, 3.8) is 0 Å². The maximum absolute atomic E-state index is 10.5.